The summed E-state index contributed by atoms with van der Waals surface area (Å²) in [5.41, 5.74) is 4.02. The predicted molar refractivity (Wildman–Crippen MR) is 110 cm³/mol. The predicted octanol–water partition coefficient (Wildman–Crippen LogP) is 4.38. The van der Waals surface area contributed by atoms with Gasteiger partial charge in [-0.15, -0.1) is 0 Å². The second-order valence-electron chi connectivity index (χ2n) is 7.01. The molecular weight excluding hydrogens is 469 g/mol. The number of hydrogen-bond acceptors (Lipinski definition) is 4. The number of nitrogens with zero attached hydrogens (tertiary/aromatic N) is 3. The van der Waals surface area contributed by atoms with Gasteiger partial charge in [-0.25, -0.2) is 0 Å². The Balaban J connectivity index is 1.80. The fourth-order valence-corrected chi connectivity index (χ4v) is 4.54. The van der Waals surface area contributed by atoms with E-state index in [9.17, 15) is 18.0 Å². The van der Waals surface area contributed by atoms with Gasteiger partial charge in [0.25, 0.3) is 5.91 Å². The van der Waals surface area contributed by atoms with Crippen LogP contribution in [-0.2, 0) is 17.5 Å². The van der Waals surface area contributed by atoms with E-state index in [-0.39, 0.29) is 28.9 Å². The van der Waals surface area contributed by atoms with Crippen molar-refractivity contribution in [3.63, 3.8) is 0 Å². The van der Waals surface area contributed by atoms with Gasteiger partial charge in [0.15, 0.2) is 5.11 Å². The first-order valence-electron chi connectivity index (χ1n) is 8.89. The number of carbonyl (C=O) groups excluding carboxylic acids is 1. The monoisotopic (exact) mass is 484 g/mol. The van der Waals surface area contributed by atoms with Gasteiger partial charge in [0.1, 0.15) is 5.54 Å². The zero-order valence-electron chi connectivity index (χ0n) is 15.0. The molecule has 1 amide bonds. The van der Waals surface area contributed by atoms with Crippen LogP contribution in [0.15, 0.2) is 41.0 Å². The molecule has 2 aromatic rings. The van der Waals surface area contributed by atoms with Crippen LogP contribution in [0.1, 0.15) is 30.5 Å². The quantitative estimate of drug-likeness (QED) is 0.654. The molecule has 0 bridgehead atoms. The summed E-state index contributed by atoms with van der Waals surface area (Å²) in [6.45, 7) is -0.359. The van der Waals surface area contributed by atoms with Crippen molar-refractivity contribution >= 4 is 50.5 Å². The smallest absolute Gasteiger partial charge is 0.325 e. The molecule has 1 aromatic carbocycles. The van der Waals surface area contributed by atoms with Gasteiger partial charge in [0.2, 0.25) is 0 Å². The summed E-state index contributed by atoms with van der Waals surface area (Å²) in [6.07, 6.45) is -1.41. The molecule has 0 radical (unpaired) electrons. The number of benzene rings is 1. The van der Waals surface area contributed by atoms with Gasteiger partial charge in [-0.1, -0.05) is 15.9 Å². The van der Waals surface area contributed by atoms with Gasteiger partial charge in [0.05, 0.1) is 23.1 Å². The lowest BCUT2D eigenvalue weighted by Gasteiger charge is -2.43. The summed E-state index contributed by atoms with van der Waals surface area (Å²) >= 11 is 8.94. The average Bonchev–Trinajstić information content (AvgIpc) is 2.88. The maximum Gasteiger partial charge on any atom is 0.418 e. The van der Waals surface area contributed by atoms with Gasteiger partial charge in [-0.2, -0.15) is 13.2 Å². The number of alkyl halides is 3. The van der Waals surface area contributed by atoms with Crippen LogP contribution in [0.4, 0.5) is 24.5 Å². The normalized spacial score (nSPS) is 18.5. The maximum atomic E-state index is 13.5. The van der Waals surface area contributed by atoms with Crippen LogP contribution in [0.25, 0.3) is 0 Å². The minimum atomic E-state index is -4.64. The molecule has 1 spiro atoms. The van der Waals surface area contributed by atoms with Gasteiger partial charge < -0.3 is 10.6 Å². The molecule has 1 saturated heterocycles. The van der Waals surface area contributed by atoms with E-state index >= 15 is 0 Å². The Kier molecular flexibility index (Phi) is 4.91. The molecular formula is C19H16BrF3N4OS. The number of halogens is 4. The van der Waals surface area contributed by atoms with Gasteiger partial charge in [-0.3, -0.25) is 14.7 Å². The van der Waals surface area contributed by atoms with E-state index in [2.05, 4.69) is 20.9 Å². The highest BCUT2D eigenvalue weighted by atomic mass is 79.9. The van der Waals surface area contributed by atoms with E-state index in [1.54, 1.807) is 4.90 Å². The molecule has 29 heavy (non-hydrogen) atoms. The Morgan fingerprint density at radius 2 is 1.86 bits per heavy atom. The van der Waals surface area contributed by atoms with Crippen molar-refractivity contribution in [2.24, 2.45) is 5.73 Å². The molecule has 4 rings (SSSR count). The van der Waals surface area contributed by atoms with Gasteiger partial charge >= 0.3 is 6.18 Å². The van der Waals surface area contributed by atoms with Crippen molar-refractivity contribution in [2.45, 2.75) is 37.5 Å². The summed E-state index contributed by atoms with van der Waals surface area (Å²) in [5.74, 6) is -0.327. The summed E-state index contributed by atoms with van der Waals surface area (Å²) in [5, 5.41) is 0.146. The molecule has 1 aliphatic heterocycles. The number of hydrogen-bond donors (Lipinski definition) is 1. The van der Waals surface area contributed by atoms with Crippen molar-refractivity contribution in [3.05, 3.63) is 52.3 Å². The minimum Gasteiger partial charge on any atom is -0.325 e. The topological polar surface area (TPSA) is 62.5 Å². The van der Waals surface area contributed by atoms with E-state index in [0.29, 0.717) is 12.8 Å². The highest BCUT2D eigenvalue weighted by molar-refractivity contribution is 9.10. The molecule has 1 aromatic heterocycles. The molecule has 2 N–H and O–H groups in total. The van der Waals surface area contributed by atoms with E-state index in [1.807, 2.05) is 24.3 Å². The molecule has 2 aliphatic rings. The Hall–Kier alpha value is -2.04. The van der Waals surface area contributed by atoms with Crippen LogP contribution < -0.4 is 15.5 Å². The van der Waals surface area contributed by atoms with E-state index in [1.165, 1.54) is 11.1 Å². The molecule has 152 valence electrons. The molecule has 1 saturated carbocycles. The molecule has 1 aliphatic carbocycles. The van der Waals surface area contributed by atoms with Crippen molar-refractivity contribution < 1.29 is 18.0 Å². The molecule has 0 unspecified atom stereocenters. The van der Waals surface area contributed by atoms with E-state index in [4.69, 9.17) is 18.0 Å². The van der Waals surface area contributed by atoms with Crippen LogP contribution in [-0.4, -0.2) is 21.5 Å². The van der Waals surface area contributed by atoms with Gasteiger partial charge in [-0.05, 0) is 61.8 Å². The molecule has 5 nitrogen and oxygen atoms in total. The summed E-state index contributed by atoms with van der Waals surface area (Å²) < 4.78 is 41.2. The third-order valence-electron chi connectivity index (χ3n) is 5.39. The summed E-state index contributed by atoms with van der Waals surface area (Å²) in [4.78, 5) is 20.1. The molecule has 2 heterocycles. The fourth-order valence-electron chi connectivity index (χ4n) is 3.81. The first-order chi connectivity index (χ1) is 13.7. The highest BCUT2D eigenvalue weighted by Gasteiger charge is 2.59. The number of nitrogens with two attached hydrogens (primary N) is 1. The standard InChI is InChI=1S/C19H16BrF3N4OS/c20-11-2-4-12(5-3-11)27-17(29)26(16(28)18(27)6-1-7-18)13-8-14(19(21,22)23)15(9-24)25-10-13/h2-5,8,10H,1,6-7,9,24H2. The van der Waals surface area contributed by atoms with Crippen LogP contribution in [0.3, 0.4) is 0 Å². The van der Waals surface area contributed by atoms with E-state index in [0.717, 1.165) is 22.6 Å². The number of amides is 1. The van der Waals surface area contributed by atoms with Crippen LogP contribution >= 0.6 is 28.1 Å². The maximum absolute atomic E-state index is 13.5. The number of thiocarbonyl (C=S) groups is 1. The highest BCUT2D eigenvalue weighted by Crippen LogP contribution is 2.48. The van der Waals surface area contributed by atoms with Crippen LogP contribution in [0, 0.1) is 0 Å². The zero-order valence-corrected chi connectivity index (χ0v) is 17.4. The second kappa shape index (κ2) is 7.03. The fraction of sp³-hybridized carbons (Fsp3) is 0.316. The average molecular weight is 485 g/mol. The van der Waals surface area contributed by atoms with Crippen molar-refractivity contribution in [3.8, 4) is 0 Å². The summed E-state index contributed by atoms with van der Waals surface area (Å²) in [7, 11) is 0. The van der Waals surface area contributed by atoms with Crippen molar-refractivity contribution in [1.82, 2.24) is 4.98 Å². The lowest BCUT2D eigenvalue weighted by molar-refractivity contribution is -0.138. The zero-order chi connectivity index (χ0) is 21.0. The Labute approximate surface area is 178 Å². The third kappa shape index (κ3) is 3.13. The minimum absolute atomic E-state index is 0.00425. The molecule has 0 atom stereocenters. The third-order valence-corrected chi connectivity index (χ3v) is 6.28. The molecule has 10 heteroatoms. The van der Waals surface area contributed by atoms with E-state index < -0.39 is 17.3 Å². The lowest BCUT2D eigenvalue weighted by Crippen LogP contribution is -2.55. The number of carbonyl (C=O) groups is 1. The summed E-state index contributed by atoms with van der Waals surface area (Å²) in [6, 6.07) is 8.21. The Morgan fingerprint density at radius 1 is 1.21 bits per heavy atom. The number of rotatable bonds is 3. The Bertz CT molecular complexity index is 992. The first-order valence-corrected chi connectivity index (χ1v) is 10.1. The lowest BCUT2D eigenvalue weighted by atomic mass is 9.75. The Morgan fingerprint density at radius 3 is 2.38 bits per heavy atom. The molecule has 2 fully saturated rings. The number of anilines is 2. The second-order valence-corrected chi connectivity index (χ2v) is 8.29. The van der Waals surface area contributed by atoms with Crippen LogP contribution in [0.2, 0.25) is 0 Å². The van der Waals surface area contributed by atoms with Crippen LogP contribution in [0.5, 0.6) is 0 Å². The number of aromatic nitrogens is 1. The first kappa shape index (κ1) is 20.2. The van der Waals surface area contributed by atoms with Crippen molar-refractivity contribution in [2.75, 3.05) is 9.80 Å². The largest absolute Gasteiger partial charge is 0.418 e. The van der Waals surface area contributed by atoms with Crippen molar-refractivity contribution in [1.29, 1.82) is 0 Å². The van der Waals surface area contributed by atoms with Gasteiger partial charge in [0, 0.05) is 16.7 Å². The SMILES string of the molecule is NCc1ncc(N2C(=O)C3(CCC3)N(c3ccc(Br)cc3)C2=S)cc1C(F)(F)F. The number of pyridine rings is 1.